The molecule has 0 N–H and O–H groups in total. The fraction of sp³-hybridized carbons (Fsp3) is 0.286. The Hall–Kier alpha value is -1.83. The van der Waals surface area contributed by atoms with Gasteiger partial charge < -0.3 is 4.84 Å². The Balaban J connectivity index is 2.99. The highest BCUT2D eigenvalue weighted by molar-refractivity contribution is 5.81. The molecule has 0 aromatic carbocycles. The van der Waals surface area contributed by atoms with Crippen LogP contribution in [0.2, 0.25) is 0 Å². The van der Waals surface area contributed by atoms with E-state index >= 15 is 0 Å². The number of nitriles is 1. The minimum atomic E-state index is 0.346. The van der Waals surface area contributed by atoms with Crippen molar-refractivity contribution in [3.8, 4) is 6.07 Å². The summed E-state index contributed by atoms with van der Waals surface area (Å²) >= 11 is 0. The number of nitrogens with zero attached hydrogens (tertiary/aromatic N) is 4. The number of oxime groups is 1. The number of hydrogen-bond donors (Lipinski definition) is 0. The van der Waals surface area contributed by atoms with Gasteiger partial charge in [-0.1, -0.05) is 5.16 Å². The topological polar surface area (TPSA) is 63.2 Å². The summed E-state index contributed by atoms with van der Waals surface area (Å²) in [6.45, 7) is 0. The quantitative estimate of drug-likeness (QED) is 0.465. The van der Waals surface area contributed by atoms with Crippen molar-refractivity contribution >= 4 is 6.21 Å². The van der Waals surface area contributed by atoms with Gasteiger partial charge in [-0.2, -0.15) is 10.4 Å². The average molecular weight is 164 g/mol. The number of aryl methyl sites for hydroxylation is 1. The standard InChI is InChI=1S/C7H8N4O/c1-11-5-6(4-9-12-2)7(3-8)10-11/h4-5H,1-2H3/b9-4+. The largest absolute Gasteiger partial charge is 0.399 e. The van der Waals surface area contributed by atoms with E-state index in [0.29, 0.717) is 11.3 Å². The monoisotopic (exact) mass is 164 g/mol. The van der Waals surface area contributed by atoms with Crippen molar-refractivity contribution in [3.05, 3.63) is 17.5 Å². The van der Waals surface area contributed by atoms with Crippen molar-refractivity contribution in [1.29, 1.82) is 5.26 Å². The third-order valence-corrected chi connectivity index (χ3v) is 1.26. The molecule has 1 aromatic rings. The normalized spacial score (nSPS) is 10.1. The van der Waals surface area contributed by atoms with E-state index in [9.17, 15) is 0 Å². The van der Waals surface area contributed by atoms with Crippen LogP contribution in [0.25, 0.3) is 0 Å². The minimum Gasteiger partial charge on any atom is -0.399 e. The summed E-state index contributed by atoms with van der Waals surface area (Å²) in [7, 11) is 3.18. The van der Waals surface area contributed by atoms with Gasteiger partial charge in [0.15, 0.2) is 5.69 Å². The van der Waals surface area contributed by atoms with Gasteiger partial charge >= 0.3 is 0 Å². The van der Waals surface area contributed by atoms with Gasteiger partial charge in [0.05, 0.1) is 11.8 Å². The van der Waals surface area contributed by atoms with Crippen LogP contribution in [0.5, 0.6) is 0 Å². The SMILES string of the molecule is CO/N=C/c1cn(C)nc1C#N. The summed E-state index contributed by atoms with van der Waals surface area (Å²) in [6, 6.07) is 1.95. The minimum absolute atomic E-state index is 0.346. The van der Waals surface area contributed by atoms with Gasteiger partial charge in [-0.3, -0.25) is 4.68 Å². The second kappa shape index (κ2) is 3.53. The molecule has 1 heterocycles. The summed E-state index contributed by atoms with van der Waals surface area (Å²) in [5, 5.41) is 16.0. The highest BCUT2D eigenvalue weighted by Gasteiger charge is 2.03. The third-order valence-electron chi connectivity index (χ3n) is 1.26. The first kappa shape index (κ1) is 8.27. The van der Waals surface area contributed by atoms with Crippen LogP contribution in [0.3, 0.4) is 0 Å². The predicted octanol–water partition coefficient (Wildman–Crippen LogP) is 0.272. The van der Waals surface area contributed by atoms with Crippen LogP contribution in [-0.4, -0.2) is 23.1 Å². The fourth-order valence-electron chi connectivity index (χ4n) is 0.798. The Morgan fingerprint density at radius 3 is 3.17 bits per heavy atom. The van der Waals surface area contributed by atoms with Gasteiger partial charge in [-0.05, 0) is 0 Å². The summed E-state index contributed by atoms with van der Waals surface area (Å²) in [6.07, 6.45) is 3.15. The number of aromatic nitrogens is 2. The van der Waals surface area contributed by atoms with Crippen LogP contribution in [0.15, 0.2) is 11.4 Å². The molecular formula is C7H8N4O. The smallest absolute Gasteiger partial charge is 0.171 e. The number of hydrogen-bond acceptors (Lipinski definition) is 4. The highest BCUT2D eigenvalue weighted by Crippen LogP contribution is 2.00. The van der Waals surface area contributed by atoms with Crippen molar-refractivity contribution < 1.29 is 4.84 Å². The van der Waals surface area contributed by atoms with Crippen LogP contribution in [0.4, 0.5) is 0 Å². The molecule has 0 bridgehead atoms. The zero-order valence-corrected chi connectivity index (χ0v) is 6.85. The molecule has 0 amide bonds. The van der Waals surface area contributed by atoms with Gasteiger partial charge in [0.2, 0.25) is 0 Å². The lowest BCUT2D eigenvalue weighted by Gasteiger charge is -1.83. The molecule has 0 saturated carbocycles. The predicted molar refractivity (Wildman–Crippen MR) is 42.5 cm³/mol. The summed E-state index contributed by atoms with van der Waals surface area (Å²) in [4.78, 5) is 4.48. The zero-order chi connectivity index (χ0) is 8.97. The van der Waals surface area contributed by atoms with E-state index in [4.69, 9.17) is 5.26 Å². The Morgan fingerprint density at radius 2 is 2.58 bits per heavy atom. The van der Waals surface area contributed by atoms with E-state index in [1.807, 2.05) is 6.07 Å². The van der Waals surface area contributed by atoms with Gasteiger partial charge in [0.1, 0.15) is 13.2 Å². The molecule has 0 saturated heterocycles. The Morgan fingerprint density at radius 1 is 1.83 bits per heavy atom. The maximum atomic E-state index is 8.60. The van der Waals surface area contributed by atoms with Crippen LogP contribution in [0.1, 0.15) is 11.3 Å². The molecule has 5 nitrogen and oxygen atoms in total. The molecular weight excluding hydrogens is 156 g/mol. The first-order chi connectivity index (χ1) is 5.77. The zero-order valence-electron chi connectivity index (χ0n) is 6.85. The average Bonchev–Trinajstić information content (AvgIpc) is 2.42. The molecule has 0 aliphatic heterocycles. The molecule has 5 heteroatoms. The lowest BCUT2D eigenvalue weighted by Crippen LogP contribution is -1.86. The molecule has 0 aliphatic rings. The molecule has 0 unspecified atom stereocenters. The Kier molecular flexibility index (Phi) is 2.43. The third kappa shape index (κ3) is 1.61. The van der Waals surface area contributed by atoms with Crippen molar-refractivity contribution in [3.63, 3.8) is 0 Å². The Labute approximate surface area is 69.9 Å². The maximum Gasteiger partial charge on any atom is 0.171 e. The summed E-state index contributed by atoms with van der Waals surface area (Å²) in [5.74, 6) is 0. The van der Waals surface area contributed by atoms with E-state index in [1.54, 1.807) is 17.9 Å². The van der Waals surface area contributed by atoms with Crippen LogP contribution in [-0.2, 0) is 11.9 Å². The lowest BCUT2D eigenvalue weighted by molar-refractivity contribution is 0.215. The highest BCUT2D eigenvalue weighted by atomic mass is 16.6. The molecule has 0 fully saturated rings. The van der Waals surface area contributed by atoms with E-state index in [1.165, 1.54) is 13.3 Å². The molecule has 0 radical (unpaired) electrons. The van der Waals surface area contributed by atoms with E-state index in [2.05, 4.69) is 15.1 Å². The van der Waals surface area contributed by atoms with E-state index in [-0.39, 0.29) is 0 Å². The van der Waals surface area contributed by atoms with Crippen LogP contribution >= 0.6 is 0 Å². The van der Waals surface area contributed by atoms with Crippen molar-refractivity contribution in [1.82, 2.24) is 9.78 Å². The van der Waals surface area contributed by atoms with Crippen LogP contribution < -0.4 is 0 Å². The van der Waals surface area contributed by atoms with E-state index in [0.717, 1.165) is 0 Å². The Bertz CT molecular complexity index is 334. The second-order valence-electron chi connectivity index (χ2n) is 2.14. The van der Waals surface area contributed by atoms with E-state index < -0.39 is 0 Å². The van der Waals surface area contributed by atoms with Gasteiger partial charge in [0.25, 0.3) is 0 Å². The van der Waals surface area contributed by atoms with Crippen molar-refractivity contribution in [2.45, 2.75) is 0 Å². The molecule has 12 heavy (non-hydrogen) atoms. The molecule has 1 rings (SSSR count). The molecule has 0 atom stereocenters. The molecule has 1 aromatic heterocycles. The van der Waals surface area contributed by atoms with Gasteiger partial charge in [-0.15, -0.1) is 0 Å². The van der Waals surface area contributed by atoms with Crippen molar-refractivity contribution in [2.24, 2.45) is 12.2 Å². The summed E-state index contributed by atoms with van der Waals surface area (Å²) < 4.78 is 1.55. The molecule has 62 valence electrons. The first-order valence-corrected chi connectivity index (χ1v) is 3.28. The second-order valence-corrected chi connectivity index (χ2v) is 2.14. The molecule has 0 spiro atoms. The number of rotatable bonds is 2. The van der Waals surface area contributed by atoms with Gasteiger partial charge in [-0.25, -0.2) is 0 Å². The van der Waals surface area contributed by atoms with Gasteiger partial charge in [0, 0.05) is 13.2 Å². The first-order valence-electron chi connectivity index (χ1n) is 3.28. The summed E-state index contributed by atoms with van der Waals surface area (Å²) in [5.41, 5.74) is 1.00. The van der Waals surface area contributed by atoms with Crippen LogP contribution in [0, 0.1) is 11.3 Å². The fourth-order valence-corrected chi connectivity index (χ4v) is 0.798. The maximum absolute atomic E-state index is 8.60. The lowest BCUT2D eigenvalue weighted by atomic mass is 10.3. The van der Waals surface area contributed by atoms with Crippen molar-refractivity contribution in [2.75, 3.05) is 7.11 Å². The molecule has 0 aliphatic carbocycles.